The van der Waals surface area contributed by atoms with Crippen molar-refractivity contribution in [3.8, 4) is 28.7 Å². The maximum absolute atomic E-state index is 13.7. The Morgan fingerprint density at radius 3 is 2.20 bits per heavy atom. The lowest BCUT2D eigenvalue weighted by atomic mass is 9.85. The Hall–Kier alpha value is -4.66. The fraction of sp³-hybridized carbons (Fsp3) is 0.290. The normalized spacial score (nSPS) is 17.8. The number of nitrogens with zero attached hydrogens (tertiary/aromatic N) is 1. The summed E-state index contributed by atoms with van der Waals surface area (Å²) in [6, 6.07) is 14.5. The molecule has 208 valence electrons. The van der Waals surface area contributed by atoms with Crippen LogP contribution in [0.25, 0.3) is 5.76 Å². The summed E-state index contributed by atoms with van der Waals surface area (Å²) in [7, 11) is 4.50. The Balaban J connectivity index is 1.77. The molecule has 3 aromatic rings. The van der Waals surface area contributed by atoms with Crippen molar-refractivity contribution in [1.29, 1.82) is 0 Å². The molecule has 0 radical (unpaired) electrons. The molecular weight excluding hydrogens is 514 g/mol. The summed E-state index contributed by atoms with van der Waals surface area (Å²) in [5.41, 5.74) is 1.83. The van der Waals surface area contributed by atoms with Crippen LogP contribution in [-0.4, -0.2) is 44.9 Å². The molecular formula is C31H31NO8. The van der Waals surface area contributed by atoms with E-state index in [-0.39, 0.29) is 23.5 Å². The van der Waals surface area contributed by atoms with Crippen LogP contribution in [-0.2, 0) is 15.0 Å². The monoisotopic (exact) mass is 545 g/mol. The molecule has 0 aromatic heterocycles. The van der Waals surface area contributed by atoms with Crippen LogP contribution < -0.4 is 28.6 Å². The molecule has 0 spiro atoms. The third-order valence-electron chi connectivity index (χ3n) is 7.12. The Labute approximate surface area is 232 Å². The fourth-order valence-corrected chi connectivity index (χ4v) is 4.98. The van der Waals surface area contributed by atoms with Crippen molar-refractivity contribution >= 4 is 23.1 Å². The van der Waals surface area contributed by atoms with Crippen molar-refractivity contribution in [1.82, 2.24) is 0 Å². The molecule has 1 saturated heterocycles. The molecule has 1 fully saturated rings. The average molecular weight is 546 g/mol. The van der Waals surface area contributed by atoms with Gasteiger partial charge in [-0.05, 0) is 52.9 Å². The van der Waals surface area contributed by atoms with E-state index in [0.717, 1.165) is 5.56 Å². The van der Waals surface area contributed by atoms with Gasteiger partial charge in [0.2, 0.25) is 6.79 Å². The van der Waals surface area contributed by atoms with E-state index in [1.54, 1.807) is 48.5 Å². The van der Waals surface area contributed by atoms with Gasteiger partial charge in [-0.15, -0.1) is 0 Å². The molecule has 40 heavy (non-hydrogen) atoms. The zero-order valence-electron chi connectivity index (χ0n) is 23.2. The number of Topliss-reactive ketones (excluding diaryl/α,β-unsaturated/α-hetero) is 1. The molecule has 2 aliphatic rings. The number of ketones is 1. The molecule has 2 heterocycles. The number of hydrogen-bond acceptors (Lipinski definition) is 8. The Kier molecular flexibility index (Phi) is 6.83. The standard InChI is InChI=1S/C31H31NO8/c1-31(2,3)18-8-11-21(36-4)20(14-18)28(33)26-27(17-7-10-22(37-5)24(13-17)38-6)32(30(35)29(26)34)19-9-12-23-25(15-19)40-16-39-23/h7-15,27,33H,16H2,1-6H3/b28-26+. The van der Waals surface area contributed by atoms with Crippen LogP contribution in [0.1, 0.15) is 43.5 Å². The lowest BCUT2D eigenvalue weighted by Crippen LogP contribution is -2.29. The Morgan fingerprint density at radius 1 is 0.850 bits per heavy atom. The number of carbonyl (C=O) groups excluding carboxylic acids is 2. The SMILES string of the molecule is COc1ccc(C2/C(=C(\O)c3cc(C(C)(C)C)ccc3OC)C(=O)C(=O)N2c2ccc3c(c2)OCO3)cc1OC. The first kappa shape index (κ1) is 26.9. The first-order valence-electron chi connectivity index (χ1n) is 12.7. The van der Waals surface area contributed by atoms with Crippen LogP contribution in [0.15, 0.2) is 60.2 Å². The fourth-order valence-electron chi connectivity index (χ4n) is 4.98. The number of ether oxygens (including phenoxy) is 5. The summed E-state index contributed by atoms with van der Waals surface area (Å²) in [4.78, 5) is 28.7. The summed E-state index contributed by atoms with van der Waals surface area (Å²) >= 11 is 0. The van der Waals surface area contributed by atoms with Gasteiger partial charge in [0.05, 0.1) is 38.5 Å². The molecule has 0 saturated carbocycles. The summed E-state index contributed by atoms with van der Waals surface area (Å²) in [5.74, 6) is 0.255. The number of aliphatic hydroxyl groups excluding tert-OH is 1. The molecule has 1 unspecified atom stereocenters. The smallest absolute Gasteiger partial charge is 0.300 e. The van der Waals surface area contributed by atoms with Crippen molar-refractivity contribution in [2.45, 2.75) is 32.2 Å². The largest absolute Gasteiger partial charge is 0.507 e. The highest BCUT2D eigenvalue weighted by Crippen LogP contribution is 2.47. The minimum absolute atomic E-state index is 0.0562. The highest BCUT2D eigenvalue weighted by Gasteiger charge is 2.48. The van der Waals surface area contributed by atoms with Crippen LogP contribution in [0.2, 0.25) is 0 Å². The zero-order valence-corrected chi connectivity index (χ0v) is 23.2. The summed E-state index contributed by atoms with van der Waals surface area (Å²) in [6.45, 7) is 6.18. The molecule has 1 atom stereocenters. The van der Waals surface area contributed by atoms with Gasteiger partial charge in [0.25, 0.3) is 11.7 Å². The lowest BCUT2D eigenvalue weighted by Gasteiger charge is -2.26. The number of anilines is 1. The van der Waals surface area contributed by atoms with E-state index >= 15 is 0 Å². The van der Waals surface area contributed by atoms with Gasteiger partial charge in [0, 0.05) is 11.8 Å². The molecule has 9 heteroatoms. The summed E-state index contributed by atoms with van der Waals surface area (Å²) in [6.07, 6.45) is 0. The molecule has 1 amide bonds. The van der Waals surface area contributed by atoms with Gasteiger partial charge in [-0.2, -0.15) is 0 Å². The Bertz CT molecular complexity index is 1530. The number of rotatable bonds is 6. The number of fused-ring (bicyclic) bond motifs is 1. The second-order valence-electron chi connectivity index (χ2n) is 10.5. The van der Waals surface area contributed by atoms with Crippen LogP contribution >= 0.6 is 0 Å². The highest BCUT2D eigenvalue weighted by molar-refractivity contribution is 6.51. The Morgan fingerprint density at radius 2 is 1.52 bits per heavy atom. The van der Waals surface area contributed by atoms with Crippen LogP contribution in [0.3, 0.4) is 0 Å². The minimum Gasteiger partial charge on any atom is -0.507 e. The summed E-state index contributed by atoms with van der Waals surface area (Å²) < 4.78 is 27.4. The molecule has 0 bridgehead atoms. The molecule has 3 aromatic carbocycles. The number of aliphatic hydroxyl groups is 1. The van der Waals surface area contributed by atoms with E-state index in [0.29, 0.717) is 45.6 Å². The van der Waals surface area contributed by atoms with Gasteiger partial charge < -0.3 is 28.8 Å². The predicted molar refractivity (Wildman–Crippen MR) is 149 cm³/mol. The topological polar surface area (TPSA) is 104 Å². The van der Waals surface area contributed by atoms with E-state index in [9.17, 15) is 14.7 Å². The zero-order chi connectivity index (χ0) is 28.8. The third kappa shape index (κ3) is 4.47. The summed E-state index contributed by atoms with van der Waals surface area (Å²) in [5, 5.41) is 11.8. The maximum atomic E-state index is 13.7. The molecule has 9 nitrogen and oxygen atoms in total. The van der Waals surface area contributed by atoms with Crippen LogP contribution in [0, 0.1) is 0 Å². The van der Waals surface area contributed by atoms with Crippen molar-refractivity contribution < 1.29 is 38.4 Å². The third-order valence-corrected chi connectivity index (χ3v) is 7.12. The van der Waals surface area contributed by atoms with Gasteiger partial charge in [0.1, 0.15) is 11.5 Å². The van der Waals surface area contributed by atoms with E-state index in [4.69, 9.17) is 23.7 Å². The van der Waals surface area contributed by atoms with Gasteiger partial charge in [0.15, 0.2) is 23.0 Å². The van der Waals surface area contributed by atoms with Crippen molar-refractivity contribution in [2.24, 2.45) is 0 Å². The van der Waals surface area contributed by atoms with Crippen LogP contribution in [0.4, 0.5) is 5.69 Å². The number of amides is 1. The van der Waals surface area contributed by atoms with Gasteiger partial charge >= 0.3 is 0 Å². The van der Waals surface area contributed by atoms with E-state index in [2.05, 4.69) is 0 Å². The number of benzene rings is 3. The quantitative estimate of drug-likeness (QED) is 0.251. The number of hydrogen-bond donors (Lipinski definition) is 1. The second kappa shape index (κ2) is 10.1. The van der Waals surface area contributed by atoms with Crippen molar-refractivity contribution in [3.05, 3.63) is 76.9 Å². The van der Waals surface area contributed by atoms with Gasteiger partial charge in [-0.25, -0.2) is 0 Å². The average Bonchev–Trinajstić information content (AvgIpc) is 3.52. The number of methoxy groups -OCH3 is 3. The van der Waals surface area contributed by atoms with Gasteiger partial charge in [-0.1, -0.05) is 32.9 Å². The van der Waals surface area contributed by atoms with Crippen molar-refractivity contribution in [2.75, 3.05) is 33.0 Å². The van der Waals surface area contributed by atoms with E-state index in [1.165, 1.54) is 26.2 Å². The van der Waals surface area contributed by atoms with Gasteiger partial charge in [-0.3, -0.25) is 14.5 Å². The lowest BCUT2D eigenvalue weighted by molar-refractivity contribution is -0.132. The van der Waals surface area contributed by atoms with Crippen molar-refractivity contribution in [3.63, 3.8) is 0 Å². The first-order chi connectivity index (χ1) is 19.1. The molecule has 0 aliphatic carbocycles. The molecule has 2 aliphatic heterocycles. The predicted octanol–water partition coefficient (Wildman–Crippen LogP) is 5.36. The van der Waals surface area contributed by atoms with E-state index in [1.807, 2.05) is 26.8 Å². The molecule has 1 N–H and O–H groups in total. The van der Waals surface area contributed by atoms with E-state index < -0.39 is 17.7 Å². The highest BCUT2D eigenvalue weighted by atomic mass is 16.7. The second-order valence-corrected chi connectivity index (χ2v) is 10.5. The minimum atomic E-state index is -0.997. The number of carbonyl (C=O) groups is 2. The van der Waals surface area contributed by atoms with Crippen LogP contribution in [0.5, 0.6) is 28.7 Å². The maximum Gasteiger partial charge on any atom is 0.300 e. The first-order valence-corrected chi connectivity index (χ1v) is 12.7. The molecule has 5 rings (SSSR count).